The molecular formula is C13H11FN2O4. The van der Waals surface area contributed by atoms with Gasteiger partial charge in [-0.2, -0.15) is 0 Å². The summed E-state index contributed by atoms with van der Waals surface area (Å²) in [6, 6.07) is 7.10. The van der Waals surface area contributed by atoms with Crippen LogP contribution < -0.4 is 0 Å². The highest BCUT2D eigenvalue weighted by Crippen LogP contribution is 2.12. The first-order chi connectivity index (χ1) is 9.49. The van der Waals surface area contributed by atoms with E-state index in [-0.39, 0.29) is 12.2 Å². The van der Waals surface area contributed by atoms with Gasteiger partial charge in [0, 0.05) is 25.2 Å². The van der Waals surface area contributed by atoms with Crippen LogP contribution in [0.5, 0.6) is 0 Å². The highest BCUT2D eigenvalue weighted by atomic mass is 19.1. The van der Waals surface area contributed by atoms with E-state index in [1.165, 1.54) is 18.0 Å². The van der Waals surface area contributed by atoms with Crippen LogP contribution in [0.3, 0.4) is 0 Å². The summed E-state index contributed by atoms with van der Waals surface area (Å²) < 4.78 is 18.0. The summed E-state index contributed by atoms with van der Waals surface area (Å²) in [5.41, 5.74) is 0.214. The molecule has 1 amide bonds. The van der Waals surface area contributed by atoms with Crippen molar-refractivity contribution in [2.75, 3.05) is 7.05 Å². The van der Waals surface area contributed by atoms with E-state index in [1.807, 2.05) is 0 Å². The Morgan fingerprint density at radius 1 is 1.40 bits per heavy atom. The van der Waals surface area contributed by atoms with Crippen molar-refractivity contribution in [3.8, 4) is 0 Å². The van der Waals surface area contributed by atoms with Crippen LogP contribution in [0.25, 0.3) is 0 Å². The van der Waals surface area contributed by atoms with Gasteiger partial charge in [-0.05, 0) is 6.07 Å². The molecule has 1 aromatic carbocycles. The third-order valence-electron chi connectivity index (χ3n) is 2.65. The number of halogens is 1. The number of carboxylic acids is 1. The van der Waals surface area contributed by atoms with Crippen LogP contribution in [-0.4, -0.2) is 34.1 Å². The normalized spacial score (nSPS) is 10.3. The van der Waals surface area contributed by atoms with Crippen LogP contribution in [0.4, 0.5) is 4.39 Å². The zero-order valence-corrected chi connectivity index (χ0v) is 10.5. The Balaban J connectivity index is 2.12. The molecule has 2 aromatic rings. The van der Waals surface area contributed by atoms with Crippen LogP contribution in [0, 0.1) is 5.82 Å². The molecule has 0 atom stereocenters. The van der Waals surface area contributed by atoms with Gasteiger partial charge in [0.1, 0.15) is 5.82 Å². The molecule has 0 aliphatic heterocycles. The van der Waals surface area contributed by atoms with E-state index in [1.54, 1.807) is 18.2 Å². The molecule has 0 radical (unpaired) electrons. The van der Waals surface area contributed by atoms with Crippen LogP contribution in [-0.2, 0) is 6.54 Å². The zero-order chi connectivity index (χ0) is 14.7. The maximum atomic E-state index is 13.5. The average molecular weight is 278 g/mol. The SMILES string of the molecule is CN(Cc1ccccc1F)C(=O)c1cc(C(=O)O)on1. The lowest BCUT2D eigenvalue weighted by atomic mass is 10.2. The van der Waals surface area contributed by atoms with Gasteiger partial charge in [0.05, 0.1) is 0 Å². The fourth-order valence-electron chi connectivity index (χ4n) is 1.63. The van der Waals surface area contributed by atoms with Crippen LogP contribution in [0.2, 0.25) is 0 Å². The maximum absolute atomic E-state index is 13.5. The summed E-state index contributed by atoms with van der Waals surface area (Å²) >= 11 is 0. The molecular weight excluding hydrogens is 267 g/mol. The number of aromatic nitrogens is 1. The molecule has 0 aliphatic carbocycles. The van der Waals surface area contributed by atoms with Gasteiger partial charge in [0.2, 0.25) is 5.76 Å². The van der Waals surface area contributed by atoms with E-state index in [2.05, 4.69) is 9.68 Å². The number of hydrogen-bond acceptors (Lipinski definition) is 4. The van der Waals surface area contributed by atoms with Gasteiger partial charge in [-0.15, -0.1) is 0 Å². The molecule has 20 heavy (non-hydrogen) atoms. The average Bonchev–Trinajstić information content (AvgIpc) is 2.90. The second-order valence-corrected chi connectivity index (χ2v) is 4.13. The number of rotatable bonds is 4. The first-order valence-corrected chi connectivity index (χ1v) is 5.68. The quantitative estimate of drug-likeness (QED) is 0.921. The lowest BCUT2D eigenvalue weighted by molar-refractivity contribution is 0.0649. The fourth-order valence-corrected chi connectivity index (χ4v) is 1.63. The number of nitrogens with zero attached hydrogens (tertiary/aromatic N) is 2. The second-order valence-electron chi connectivity index (χ2n) is 4.13. The molecule has 0 aliphatic rings. The molecule has 1 heterocycles. The first kappa shape index (κ1) is 13.7. The Kier molecular flexibility index (Phi) is 3.79. The first-order valence-electron chi connectivity index (χ1n) is 5.68. The van der Waals surface area contributed by atoms with Crippen LogP contribution >= 0.6 is 0 Å². The van der Waals surface area contributed by atoms with Crippen LogP contribution in [0.15, 0.2) is 34.9 Å². The van der Waals surface area contributed by atoms with E-state index < -0.39 is 23.5 Å². The van der Waals surface area contributed by atoms with E-state index in [0.717, 1.165) is 6.07 Å². The molecule has 104 valence electrons. The van der Waals surface area contributed by atoms with Crippen molar-refractivity contribution in [2.45, 2.75) is 6.54 Å². The predicted molar refractivity (Wildman–Crippen MR) is 65.7 cm³/mol. The molecule has 0 fully saturated rings. The molecule has 6 nitrogen and oxygen atoms in total. The number of benzene rings is 1. The summed E-state index contributed by atoms with van der Waals surface area (Å²) in [7, 11) is 1.46. The van der Waals surface area contributed by atoms with Crippen molar-refractivity contribution in [3.63, 3.8) is 0 Å². The number of carbonyl (C=O) groups is 2. The number of carbonyl (C=O) groups excluding carboxylic acids is 1. The third-order valence-corrected chi connectivity index (χ3v) is 2.65. The van der Waals surface area contributed by atoms with Gasteiger partial charge in [-0.25, -0.2) is 9.18 Å². The topological polar surface area (TPSA) is 83.6 Å². The lowest BCUT2D eigenvalue weighted by Crippen LogP contribution is -2.26. The second kappa shape index (κ2) is 5.52. The van der Waals surface area contributed by atoms with Crippen LogP contribution in [0.1, 0.15) is 26.6 Å². The number of aromatic carboxylic acids is 1. The lowest BCUT2D eigenvalue weighted by Gasteiger charge is -2.15. The standard InChI is InChI=1S/C13H11FN2O4/c1-16(7-8-4-2-3-5-9(8)14)12(17)10-6-11(13(18)19)20-15-10/h2-6H,7H2,1H3,(H,18,19). The van der Waals surface area contributed by atoms with Crippen molar-refractivity contribution in [1.29, 1.82) is 0 Å². The minimum Gasteiger partial charge on any atom is -0.475 e. The molecule has 0 spiro atoms. The van der Waals surface area contributed by atoms with Crippen molar-refractivity contribution in [1.82, 2.24) is 10.1 Å². The van der Waals surface area contributed by atoms with Crippen molar-refractivity contribution >= 4 is 11.9 Å². The Labute approximate surface area is 113 Å². The Hall–Kier alpha value is -2.70. The van der Waals surface area contributed by atoms with E-state index >= 15 is 0 Å². The van der Waals surface area contributed by atoms with Gasteiger partial charge in [-0.1, -0.05) is 23.4 Å². The molecule has 7 heteroatoms. The van der Waals surface area contributed by atoms with Gasteiger partial charge >= 0.3 is 5.97 Å². The monoisotopic (exact) mass is 278 g/mol. The molecule has 0 saturated heterocycles. The Bertz CT molecular complexity index is 653. The highest BCUT2D eigenvalue weighted by Gasteiger charge is 2.20. The molecule has 1 aromatic heterocycles. The van der Waals surface area contributed by atoms with E-state index in [0.29, 0.717) is 5.56 Å². The van der Waals surface area contributed by atoms with Crippen molar-refractivity contribution < 1.29 is 23.6 Å². The number of amides is 1. The summed E-state index contributed by atoms with van der Waals surface area (Å²) in [6.07, 6.45) is 0. The number of carboxylic acid groups (broad SMARTS) is 1. The Morgan fingerprint density at radius 3 is 2.70 bits per heavy atom. The molecule has 0 saturated carbocycles. The van der Waals surface area contributed by atoms with Gasteiger partial charge < -0.3 is 14.5 Å². The smallest absolute Gasteiger partial charge is 0.374 e. The fraction of sp³-hybridized carbons (Fsp3) is 0.154. The summed E-state index contributed by atoms with van der Waals surface area (Å²) in [6.45, 7) is 0.0424. The summed E-state index contributed by atoms with van der Waals surface area (Å²) in [4.78, 5) is 23.8. The van der Waals surface area contributed by atoms with E-state index in [4.69, 9.17) is 5.11 Å². The minimum atomic E-state index is -1.31. The Morgan fingerprint density at radius 2 is 2.10 bits per heavy atom. The summed E-state index contributed by atoms with van der Waals surface area (Å²) in [5.74, 6) is -2.70. The zero-order valence-electron chi connectivity index (χ0n) is 10.5. The maximum Gasteiger partial charge on any atom is 0.374 e. The largest absolute Gasteiger partial charge is 0.475 e. The molecule has 0 bridgehead atoms. The minimum absolute atomic E-state index is 0.0424. The highest BCUT2D eigenvalue weighted by molar-refractivity contribution is 5.94. The van der Waals surface area contributed by atoms with Gasteiger partial charge in [-0.3, -0.25) is 4.79 Å². The molecule has 1 N–H and O–H groups in total. The molecule has 0 unspecified atom stereocenters. The third kappa shape index (κ3) is 2.82. The van der Waals surface area contributed by atoms with Crippen molar-refractivity contribution in [2.24, 2.45) is 0 Å². The molecule has 2 rings (SSSR count). The van der Waals surface area contributed by atoms with Gasteiger partial charge in [0.15, 0.2) is 5.69 Å². The summed E-state index contributed by atoms with van der Waals surface area (Å²) in [5, 5.41) is 12.1. The number of hydrogen-bond donors (Lipinski definition) is 1. The van der Waals surface area contributed by atoms with Crippen molar-refractivity contribution in [3.05, 3.63) is 53.2 Å². The predicted octanol–water partition coefficient (Wildman–Crippen LogP) is 1.78. The van der Waals surface area contributed by atoms with Gasteiger partial charge in [0.25, 0.3) is 5.91 Å². The van der Waals surface area contributed by atoms with E-state index in [9.17, 15) is 14.0 Å².